The Kier molecular flexibility index (Phi) is 5.91. The monoisotopic (exact) mass is 471 g/mol. The summed E-state index contributed by atoms with van der Waals surface area (Å²) < 4.78 is 6.40. The molecule has 3 heterocycles. The summed E-state index contributed by atoms with van der Waals surface area (Å²) >= 11 is 18.1. The summed E-state index contributed by atoms with van der Waals surface area (Å²) in [6.45, 7) is 0. The van der Waals surface area contributed by atoms with Crippen LogP contribution >= 0.6 is 35.4 Å². The van der Waals surface area contributed by atoms with Gasteiger partial charge in [0.15, 0.2) is 5.11 Å². The molecule has 2 atom stereocenters. The Morgan fingerprint density at radius 3 is 2.58 bits per heavy atom. The molecule has 4 nitrogen and oxygen atoms in total. The second kappa shape index (κ2) is 8.81. The van der Waals surface area contributed by atoms with E-state index in [1.807, 2.05) is 48.7 Å². The van der Waals surface area contributed by atoms with Crippen molar-refractivity contribution in [3.8, 4) is 11.3 Å². The number of aromatic nitrogens is 1. The van der Waals surface area contributed by atoms with E-state index in [9.17, 15) is 0 Å². The lowest BCUT2D eigenvalue weighted by Crippen LogP contribution is -2.40. The zero-order chi connectivity index (χ0) is 21.4. The lowest BCUT2D eigenvalue weighted by Gasteiger charge is -2.36. The molecular weight excluding hydrogens is 449 g/mol. The van der Waals surface area contributed by atoms with Gasteiger partial charge in [0.25, 0.3) is 0 Å². The van der Waals surface area contributed by atoms with Gasteiger partial charge < -0.3 is 14.6 Å². The maximum Gasteiger partial charge on any atom is 0.170 e. The highest BCUT2D eigenvalue weighted by Gasteiger charge is 2.44. The molecule has 0 radical (unpaired) electrons. The van der Waals surface area contributed by atoms with E-state index in [0.29, 0.717) is 16.1 Å². The van der Waals surface area contributed by atoms with Gasteiger partial charge in [-0.25, -0.2) is 0 Å². The third-order valence-electron chi connectivity index (χ3n) is 6.23. The topological polar surface area (TPSA) is 41.3 Å². The van der Waals surface area contributed by atoms with Gasteiger partial charge in [-0.05, 0) is 67.5 Å². The van der Waals surface area contributed by atoms with E-state index in [1.165, 1.54) is 19.3 Å². The van der Waals surface area contributed by atoms with Crippen LogP contribution in [0.3, 0.4) is 0 Å². The van der Waals surface area contributed by atoms with Crippen molar-refractivity contribution in [3.63, 3.8) is 0 Å². The summed E-state index contributed by atoms with van der Waals surface area (Å²) in [6.07, 6.45) is 7.88. The highest BCUT2D eigenvalue weighted by atomic mass is 35.5. The molecule has 3 aromatic rings. The number of nitrogens with one attached hydrogen (secondary N) is 1. The summed E-state index contributed by atoms with van der Waals surface area (Å²) in [7, 11) is 0. The van der Waals surface area contributed by atoms with Crippen LogP contribution in [-0.4, -0.2) is 21.0 Å². The molecule has 5 rings (SSSR count). The summed E-state index contributed by atoms with van der Waals surface area (Å²) in [4.78, 5) is 6.97. The number of halogens is 2. The number of thiocarbonyl (C=S) groups is 1. The molecule has 2 unspecified atom stereocenters. The molecule has 1 aliphatic heterocycles. The van der Waals surface area contributed by atoms with Gasteiger partial charge in [-0.1, -0.05) is 48.5 Å². The molecule has 31 heavy (non-hydrogen) atoms. The molecule has 0 spiro atoms. The van der Waals surface area contributed by atoms with Gasteiger partial charge in [-0.15, -0.1) is 0 Å². The fourth-order valence-electron chi connectivity index (χ4n) is 4.74. The summed E-state index contributed by atoms with van der Waals surface area (Å²) in [5.74, 6) is 1.63. The quantitative estimate of drug-likeness (QED) is 0.416. The fraction of sp³-hybridized carbons (Fsp3) is 0.333. The first-order chi connectivity index (χ1) is 15.1. The SMILES string of the molecule is S=C1NC(c2ccccn2)C(c2ccc(-c3ccc(Cl)c(Cl)c3)o2)N1C1CCCCC1. The van der Waals surface area contributed by atoms with E-state index < -0.39 is 0 Å². The van der Waals surface area contributed by atoms with Crippen molar-refractivity contribution in [2.45, 2.75) is 50.2 Å². The van der Waals surface area contributed by atoms with Crippen LogP contribution in [0.25, 0.3) is 11.3 Å². The molecule has 1 saturated carbocycles. The second-order valence-corrected chi connectivity index (χ2v) is 9.36. The Morgan fingerprint density at radius 1 is 1.00 bits per heavy atom. The van der Waals surface area contributed by atoms with Crippen LogP contribution in [-0.2, 0) is 0 Å². The smallest absolute Gasteiger partial charge is 0.170 e. The Labute approximate surface area is 197 Å². The maximum atomic E-state index is 6.40. The molecule has 7 heteroatoms. The Hall–Kier alpha value is -2.08. The van der Waals surface area contributed by atoms with Crippen LogP contribution in [0.1, 0.15) is 55.6 Å². The van der Waals surface area contributed by atoms with Crippen LogP contribution in [0.2, 0.25) is 10.0 Å². The molecule has 2 fully saturated rings. The largest absolute Gasteiger partial charge is 0.459 e. The normalized spacial score (nSPS) is 22.0. The lowest BCUT2D eigenvalue weighted by atomic mass is 9.92. The number of nitrogens with zero attached hydrogens (tertiary/aromatic N) is 2. The van der Waals surface area contributed by atoms with E-state index in [-0.39, 0.29) is 12.1 Å². The zero-order valence-electron chi connectivity index (χ0n) is 16.9. The maximum absolute atomic E-state index is 6.40. The number of hydrogen-bond acceptors (Lipinski definition) is 3. The van der Waals surface area contributed by atoms with E-state index in [2.05, 4.69) is 15.2 Å². The van der Waals surface area contributed by atoms with Crippen LogP contribution < -0.4 is 5.32 Å². The van der Waals surface area contributed by atoms with Crippen molar-refractivity contribution < 1.29 is 4.42 Å². The molecule has 160 valence electrons. The number of furan rings is 1. The van der Waals surface area contributed by atoms with Gasteiger partial charge in [0.2, 0.25) is 0 Å². The number of benzene rings is 1. The molecule has 1 aliphatic carbocycles. The summed E-state index contributed by atoms with van der Waals surface area (Å²) in [6, 6.07) is 15.9. The first kappa shape index (κ1) is 20.8. The van der Waals surface area contributed by atoms with Crippen molar-refractivity contribution in [1.82, 2.24) is 15.2 Å². The molecule has 1 N–H and O–H groups in total. The molecule has 2 aliphatic rings. The van der Waals surface area contributed by atoms with Crippen LogP contribution in [0.4, 0.5) is 0 Å². The molecule has 0 bridgehead atoms. The Bertz CT molecular complexity index is 1080. The van der Waals surface area contributed by atoms with Crippen LogP contribution in [0.15, 0.2) is 59.1 Å². The van der Waals surface area contributed by atoms with Gasteiger partial charge >= 0.3 is 0 Å². The Morgan fingerprint density at radius 2 is 1.84 bits per heavy atom. The van der Waals surface area contributed by atoms with Gasteiger partial charge in [-0.3, -0.25) is 4.98 Å². The van der Waals surface area contributed by atoms with Crippen molar-refractivity contribution in [2.24, 2.45) is 0 Å². The standard InChI is InChI=1S/C24H23Cl2N3OS/c25-17-10-9-15(14-18(17)26)20-11-12-21(30-20)23-22(19-8-4-5-13-27-19)28-24(31)29(23)16-6-2-1-3-7-16/h4-5,8-14,16,22-23H,1-3,6-7H2,(H,28,31). The summed E-state index contributed by atoms with van der Waals surface area (Å²) in [5.41, 5.74) is 1.86. The van der Waals surface area contributed by atoms with Gasteiger partial charge in [0.05, 0.1) is 21.8 Å². The van der Waals surface area contributed by atoms with Crippen molar-refractivity contribution in [3.05, 3.63) is 76.2 Å². The van der Waals surface area contributed by atoms with Crippen LogP contribution in [0.5, 0.6) is 0 Å². The van der Waals surface area contributed by atoms with E-state index in [4.69, 9.17) is 39.8 Å². The molecule has 2 aromatic heterocycles. The molecule has 1 saturated heterocycles. The van der Waals surface area contributed by atoms with Crippen LogP contribution in [0, 0.1) is 0 Å². The van der Waals surface area contributed by atoms with Crippen molar-refractivity contribution in [1.29, 1.82) is 0 Å². The minimum atomic E-state index is -0.0663. The van der Waals surface area contributed by atoms with Gasteiger partial charge in [-0.2, -0.15) is 0 Å². The third kappa shape index (κ3) is 4.07. The highest BCUT2D eigenvalue weighted by molar-refractivity contribution is 7.80. The predicted molar refractivity (Wildman–Crippen MR) is 128 cm³/mol. The van der Waals surface area contributed by atoms with Gasteiger partial charge in [0, 0.05) is 17.8 Å². The highest BCUT2D eigenvalue weighted by Crippen LogP contribution is 2.43. The third-order valence-corrected chi connectivity index (χ3v) is 7.29. The number of pyridine rings is 1. The average molecular weight is 472 g/mol. The fourth-order valence-corrected chi connectivity index (χ4v) is 5.43. The average Bonchev–Trinajstić information content (AvgIpc) is 3.41. The summed E-state index contributed by atoms with van der Waals surface area (Å²) in [5, 5.41) is 5.34. The molecule has 1 aromatic carbocycles. The first-order valence-electron chi connectivity index (χ1n) is 10.7. The lowest BCUT2D eigenvalue weighted by molar-refractivity contribution is 0.179. The molecular formula is C24H23Cl2N3OS. The number of rotatable bonds is 4. The first-order valence-corrected chi connectivity index (χ1v) is 11.8. The Balaban J connectivity index is 1.54. The van der Waals surface area contributed by atoms with Crippen molar-refractivity contribution >= 4 is 40.5 Å². The molecule has 0 amide bonds. The minimum Gasteiger partial charge on any atom is -0.459 e. The van der Waals surface area contributed by atoms with E-state index >= 15 is 0 Å². The minimum absolute atomic E-state index is 0.0537. The van der Waals surface area contributed by atoms with E-state index in [0.717, 1.165) is 40.7 Å². The number of hydrogen-bond donors (Lipinski definition) is 1. The predicted octanol–water partition coefficient (Wildman–Crippen LogP) is 6.95. The van der Waals surface area contributed by atoms with Gasteiger partial charge in [0.1, 0.15) is 17.6 Å². The van der Waals surface area contributed by atoms with E-state index in [1.54, 1.807) is 6.07 Å². The second-order valence-electron chi connectivity index (χ2n) is 8.16. The zero-order valence-corrected chi connectivity index (χ0v) is 19.3. The van der Waals surface area contributed by atoms with Crippen molar-refractivity contribution in [2.75, 3.05) is 0 Å².